The van der Waals surface area contributed by atoms with Crippen molar-refractivity contribution in [2.45, 2.75) is 19.8 Å². The largest absolute Gasteiger partial charge is 0.484 e. The number of carbonyl (C=O) groups excluding carboxylic acids is 2. The molecule has 144 valence electrons. The molecule has 6 heteroatoms. The van der Waals surface area contributed by atoms with Crippen molar-refractivity contribution >= 4 is 23.2 Å². The molecule has 2 N–H and O–H groups in total. The molecule has 1 heterocycles. The number of hydrogen-bond acceptors (Lipinski definition) is 4. The predicted octanol–water partition coefficient (Wildman–Crippen LogP) is 4.67. The summed E-state index contributed by atoms with van der Waals surface area (Å²) < 4.78 is 10.5. The second-order valence-electron chi connectivity index (χ2n) is 6.57. The highest BCUT2D eigenvalue weighted by atomic mass is 16.5. The fourth-order valence-corrected chi connectivity index (χ4v) is 2.53. The van der Waals surface area contributed by atoms with Crippen molar-refractivity contribution in [1.29, 1.82) is 0 Å². The number of benzene rings is 2. The second-order valence-corrected chi connectivity index (χ2v) is 6.57. The molecular formula is C22H22N2O4. The van der Waals surface area contributed by atoms with Gasteiger partial charge in [0.25, 0.3) is 11.8 Å². The number of carbonyl (C=O) groups is 2. The third-order valence-electron chi connectivity index (χ3n) is 4.09. The van der Waals surface area contributed by atoms with Crippen molar-refractivity contribution in [2.75, 3.05) is 17.2 Å². The maximum atomic E-state index is 12.0. The van der Waals surface area contributed by atoms with Crippen LogP contribution in [-0.2, 0) is 4.79 Å². The van der Waals surface area contributed by atoms with Crippen LogP contribution in [0.4, 0.5) is 11.4 Å². The van der Waals surface area contributed by atoms with Gasteiger partial charge in [-0.25, -0.2) is 0 Å². The van der Waals surface area contributed by atoms with E-state index in [1.165, 1.54) is 11.8 Å². The molecule has 0 aliphatic rings. The van der Waals surface area contributed by atoms with Gasteiger partial charge >= 0.3 is 0 Å². The van der Waals surface area contributed by atoms with Crippen molar-refractivity contribution in [3.8, 4) is 5.75 Å². The first-order valence-electron chi connectivity index (χ1n) is 8.99. The van der Waals surface area contributed by atoms with E-state index >= 15 is 0 Å². The first kappa shape index (κ1) is 19.2. The summed E-state index contributed by atoms with van der Waals surface area (Å²) >= 11 is 0. The maximum Gasteiger partial charge on any atom is 0.291 e. The summed E-state index contributed by atoms with van der Waals surface area (Å²) in [6, 6.07) is 17.7. The molecule has 0 saturated carbocycles. The Hall–Kier alpha value is -3.54. The van der Waals surface area contributed by atoms with Crippen molar-refractivity contribution in [3.05, 3.63) is 78.3 Å². The van der Waals surface area contributed by atoms with Gasteiger partial charge in [0, 0.05) is 11.4 Å². The molecule has 0 saturated heterocycles. The summed E-state index contributed by atoms with van der Waals surface area (Å²) in [7, 11) is 0. The number of nitrogens with one attached hydrogen (secondary N) is 2. The van der Waals surface area contributed by atoms with Crippen LogP contribution in [-0.4, -0.2) is 18.4 Å². The molecule has 0 aliphatic heterocycles. The minimum Gasteiger partial charge on any atom is -0.484 e. The number of rotatable bonds is 7. The zero-order chi connectivity index (χ0) is 19.9. The quantitative estimate of drug-likeness (QED) is 0.626. The van der Waals surface area contributed by atoms with Gasteiger partial charge < -0.3 is 19.8 Å². The Morgan fingerprint density at radius 3 is 2.18 bits per heavy atom. The van der Waals surface area contributed by atoms with Gasteiger partial charge in [-0.05, 0) is 60.0 Å². The van der Waals surface area contributed by atoms with Gasteiger partial charge in [-0.15, -0.1) is 0 Å². The highest BCUT2D eigenvalue weighted by molar-refractivity contribution is 6.02. The lowest BCUT2D eigenvalue weighted by Gasteiger charge is -2.10. The summed E-state index contributed by atoms with van der Waals surface area (Å²) in [5.74, 6) is 0.633. The Bertz CT molecular complexity index is 914. The summed E-state index contributed by atoms with van der Waals surface area (Å²) in [6.07, 6.45) is 1.44. The van der Waals surface area contributed by atoms with Crippen molar-refractivity contribution in [3.63, 3.8) is 0 Å². The standard InChI is InChI=1S/C22H22N2O4/c1-15(2)16-5-7-17(8-6-16)23-21(25)14-28-19-11-9-18(10-12-19)24-22(26)20-4-3-13-27-20/h3-13,15H,14H2,1-2H3,(H,23,25)(H,24,26). The van der Waals surface area contributed by atoms with Crippen LogP contribution in [0.3, 0.4) is 0 Å². The molecule has 0 fully saturated rings. The van der Waals surface area contributed by atoms with Crippen molar-refractivity contribution in [2.24, 2.45) is 0 Å². The zero-order valence-corrected chi connectivity index (χ0v) is 15.8. The lowest BCUT2D eigenvalue weighted by molar-refractivity contribution is -0.118. The summed E-state index contributed by atoms with van der Waals surface area (Å²) in [5, 5.41) is 5.51. The van der Waals surface area contributed by atoms with Gasteiger partial charge in [0.1, 0.15) is 5.75 Å². The zero-order valence-electron chi connectivity index (χ0n) is 15.8. The molecule has 0 spiro atoms. The number of amides is 2. The average Bonchev–Trinajstić information content (AvgIpc) is 3.23. The molecule has 3 rings (SSSR count). The third-order valence-corrected chi connectivity index (χ3v) is 4.09. The van der Waals surface area contributed by atoms with Gasteiger partial charge in [0.2, 0.25) is 0 Å². The van der Waals surface area contributed by atoms with E-state index in [1.807, 2.05) is 24.3 Å². The molecule has 2 aromatic carbocycles. The van der Waals surface area contributed by atoms with Crippen molar-refractivity contribution in [1.82, 2.24) is 0 Å². The summed E-state index contributed by atoms with van der Waals surface area (Å²) in [5.41, 5.74) is 2.55. The van der Waals surface area contributed by atoms with E-state index in [1.54, 1.807) is 36.4 Å². The van der Waals surface area contributed by atoms with Crippen LogP contribution in [0.2, 0.25) is 0 Å². The molecular weight excluding hydrogens is 356 g/mol. The Kier molecular flexibility index (Phi) is 6.11. The first-order chi connectivity index (χ1) is 13.5. The van der Waals surface area contributed by atoms with E-state index in [-0.39, 0.29) is 24.2 Å². The van der Waals surface area contributed by atoms with Crippen LogP contribution in [0.5, 0.6) is 5.75 Å². The minimum absolute atomic E-state index is 0.107. The van der Waals surface area contributed by atoms with E-state index in [0.717, 1.165) is 5.69 Å². The summed E-state index contributed by atoms with van der Waals surface area (Å²) in [4.78, 5) is 24.0. The lowest BCUT2D eigenvalue weighted by atomic mass is 10.0. The van der Waals surface area contributed by atoms with Crippen LogP contribution < -0.4 is 15.4 Å². The molecule has 28 heavy (non-hydrogen) atoms. The second kappa shape index (κ2) is 8.90. The van der Waals surface area contributed by atoms with Gasteiger partial charge in [-0.3, -0.25) is 9.59 Å². The molecule has 0 bridgehead atoms. The topological polar surface area (TPSA) is 80.6 Å². The van der Waals surface area contributed by atoms with E-state index in [0.29, 0.717) is 17.4 Å². The molecule has 3 aromatic rings. The molecule has 0 atom stereocenters. The van der Waals surface area contributed by atoms with Gasteiger partial charge in [0.15, 0.2) is 12.4 Å². The summed E-state index contributed by atoms with van der Waals surface area (Å²) in [6.45, 7) is 4.13. The number of ether oxygens (including phenoxy) is 1. The van der Waals surface area contributed by atoms with Crippen LogP contribution in [0.1, 0.15) is 35.9 Å². The van der Waals surface area contributed by atoms with Crippen LogP contribution in [0, 0.1) is 0 Å². The van der Waals surface area contributed by atoms with Crippen LogP contribution in [0.25, 0.3) is 0 Å². The fraction of sp³-hybridized carbons (Fsp3) is 0.182. The van der Waals surface area contributed by atoms with E-state index in [9.17, 15) is 9.59 Å². The predicted molar refractivity (Wildman–Crippen MR) is 108 cm³/mol. The highest BCUT2D eigenvalue weighted by Gasteiger charge is 2.09. The molecule has 0 radical (unpaired) electrons. The Morgan fingerprint density at radius 2 is 1.57 bits per heavy atom. The first-order valence-corrected chi connectivity index (χ1v) is 8.99. The molecule has 1 aromatic heterocycles. The van der Waals surface area contributed by atoms with Gasteiger partial charge in [-0.2, -0.15) is 0 Å². The van der Waals surface area contributed by atoms with E-state index < -0.39 is 0 Å². The molecule has 6 nitrogen and oxygen atoms in total. The number of anilines is 2. The third kappa shape index (κ3) is 5.23. The Labute approximate surface area is 163 Å². The molecule has 0 aliphatic carbocycles. The molecule has 0 unspecified atom stereocenters. The fourth-order valence-electron chi connectivity index (χ4n) is 2.53. The lowest BCUT2D eigenvalue weighted by Crippen LogP contribution is -2.20. The van der Waals surface area contributed by atoms with Gasteiger partial charge in [0.05, 0.1) is 6.26 Å². The monoisotopic (exact) mass is 378 g/mol. The van der Waals surface area contributed by atoms with Crippen LogP contribution in [0.15, 0.2) is 71.3 Å². The van der Waals surface area contributed by atoms with Crippen molar-refractivity contribution < 1.29 is 18.7 Å². The Balaban J connectivity index is 1.47. The minimum atomic E-state index is -0.332. The Morgan fingerprint density at radius 1 is 0.929 bits per heavy atom. The molecule has 2 amide bonds. The number of hydrogen-bond donors (Lipinski definition) is 2. The highest BCUT2D eigenvalue weighted by Crippen LogP contribution is 2.18. The van der Waals surface area contributed by atoms with Crippen LogP contribution >= 0.6 is 0 Å². The number of furan rings is 1. The average molecular weight is 378 g/mol. The van der Waals surface area contributed by atoms with Gasteiger partial charge in [-0.1, -0.05) is 26.0 Å². The maximum absolute atomic E-state index is 12.0. The smallest absolute Gasteiger partial charge is 0.291 e. The van der Waals surface area contributed by atoms with E-state index in [4.69, 9.17) is 9.15 Å². The normalized spacial score (nSPS) is 10.5. The SMILES string of the molecule is CC(C)c1ccc(NC(=O)COc2ccc(NC(=O)c3ccco3)cc2)cc1. The van der Waals surface area contributed by atoms with E-state index in [2.05, 4.69) is 24.5 Å².